The minimum Gasteiger partial charge on any atom is -0.465 e. The first-order chi connectivity index (χ1) is 9.52. The largest absolute Gasteiger partial charge is 0.465 e. The summed E-state index contributed by atoms with van der Waals surface area (Å²) in [6, 6.07) is 6.92. The summed E-state index contributed by atoms with van der Waals surface area (Å²) in [7, 11) is 1.31. The number of hydrogen-bond donors (Lipinski definition) is 0. The smallest absolute Gasteiger partial charge is 0.392 e. The van der Waals surface area contributed by atoms with Crippen molar-refractivity contribution in [3.05, 3.63) is 57.3 Å². The highest BCUT2D eigenvalue weighted by molar-refractivity contribution is 5.90. The van der Waals surface area contributed by atoms with Crippen molar-refractivity contribution in [3.8, 4) is 0 Å². The van der Waals surface area contributed by atoms with E-state index in [0.29, 0.717) is 16.7 Å². The van der Waals surface area contributed by atoms with Crippen LogP contribution < -0.4 is 0 Å². The zero-order valence-electron chi connectivity index (χ0n) is 11.1. The van der Waals surface area contributed by atoms with E-state index in [-0.39, 0.29) is 12.4 Å². The van der Waals surface area contributed by atoms with Crippen molar-refractivity contribution >= 4 is 11.8 Å². The molecule has 1 heterocycles. The summed E-state index contributed by atoms with van der Waals surface area (Å²) in [4.78, 5) is 21.9. The molecule has 0 spiro atoms. The van der Waals surface area contributed by atoms with E-state index in [1.54, 1.807) is 37.4 Å². The van der Waals surface area contributed by atoms with Crippen LogP contribution in [0.3, 0.4) is 0 Å². The molecule has 0 aliphatic rings. The van der Waals surface area contributed by atoms with Gasteiger partial charge in [-0.1, -0.05) is 18.2 Å². The van der Waals surface area contributed by atoms with Gasteiger partial charge in [0.2, 0.25) is 0 Å². The van der Waals surface area contributed by atoms with Crippen LogP contribution in [0.2, 0.25) is 0 Å². The number of carbonyl (C=O) groups is 1. The van der Waals surface area contributed by atoms with Crippen molar-refractivity contribution in [3.63, 3.8) is 0 Å². The maximum absolute atomic E-state index is 11.6. The van der Waals surface area contributed by atoms with E-state index < -0.39 is 10.9 Å². The molecule has 2 aromatic rings. The quantitative estimate of drug-likeness (QED) is 0.483. The van der Waals surface area contributed by atoms with Crippen molar-refractivity contribution < 1.29 is 14.5 Å². The lowest BCUT2D eigenvalue weighted by molar-refractivity contribution is -0.390. The third kappa shape index (κ3) is 2.66. The number of ether oxygens (including phenoxy) is 1. The van der Waals surface area contributed by atoms with E-state index >= 15 is 0 Å². The van der Waals surface area contributed by atoms with Crippen LogP contribution in [-0.4, -0.2) is 27.8 Å². The van der Waals surface area contributed by atoms with Crippen molar-refractivity contribution in [2.75, 3.05) is 7.11 Å². The Morgan fingerprint density at radius 2 is 2.15 bits per heavy atom. The van der Waals surface area contributed by atoms with Gasteiger partial charge in [-0.15, -0.1) is 0 Å². The van der Waals surface area contributed by atoms with E-state index in [2.05, 4.69) is 5.10 Å². The van der Waals surface area contributed by atoms with Gasteiger partial charge in [0, 0.05) is 0 Å². The van der Waals surface area contributed by atoms with E-state index in [1.807, 2.05) is 0 Å². The Morgan fingerprint density at radius 3 is 2.75 bits per heavy atom. The molecule has 0 unspecified atom stereocenters. The standard InChI is InChI=1S/C13H13N3O4/c1-9-7-15(14-12(9)16(18)19)8-10-5-3-4-6-11(10)13(17)20-2/h3-7H,8H2,1-2H3. The Morgan fingerprint density at radius 1 is 1.45 bits per heavy atom. The Balaban J connectivity index is 2.33. The van der Waals surface area contributed by atoms with Crippen LogP contribution in [0.25, 0.3) is 0 Å². The highest BCUT2D eigenvalue weighted by atomic mass is 16.6. The van der Waals surface area contributed by atoms with Gasteiger partial charge in [0.1, 0.15) is 0 Å². The molecule has 0 atom stereocenters. The molecule has 1 aromatic carbocycles. The molecule has 0 fully saturated rings. The van der Waals surface area contributed by atoms with Crippen molar-refractivity contribution in [2.45, 2.75) is 13.5 Å². The minimum absolute atomic E-state index is 0.180. The van der Waals surface area contributed by atoms with E-state index in [0.717, 1.165) is 0 Å². The number of esters is 1. The number of nitrogens with zero attached hydrogens (tertiary/aromatic N) is 3. The van der Waals surface area contributed by atoms with Gasteiger partial charge < -0.3 is 14.9 Å². The molecule has 1 aromatic heterocycles. The molecular weight excluding hydrogens is 262 g/mol. The van der Waals surface area contributed by atoms with Crippen molar-refractivity contribution in [1.82, 2.24) is 9.78 Å². The lowest BCUT2D eigenvalue weighted by Gasteiger charge is -2.05. The van der Waals surface area contributed by atoms with Gasteiger partial charge in [0.25, 0.3) is 0 Å². The fraction of sp³-hybridized carbons (Fsp3) is 0.231. The summed E-state index contributed by atoms with van der Waals surface area (Å²) < 4.78 is 6.14. The number of aryl methyl sites for hydroxylation is 1. The molecular formula is C13H13N3O4. The van der Waals surface area contributed by atoms with Crippen LogP contribution >= 0.6 is 0 Å². The predicted molar refractivity (Wildman–Crippen MR) is 70.5 cm³/mol. The number of nitro groups is 1. The average molecular weight is 275 g/mol. The highest BCUT2D eigenvalue weighted by Crippen LogP contribution is 2.17. The Labute approximate surface area is 114 Å². The van der Waals surface area contributed by atoms with Crippen LogP contribution in [0.1, 0.15) is 21.5 Å². The second-order valence-corrected chi connectivity index (χ2v) is 4.24. The molecule has 7 heteroatoms. The van der Waals surface area contributed by atoms with Crippen LogP contribution in [0.5, 0.6) is 0 Å². The Kier molecular flexibility index (Phi) is 3.79. The van der Waals surface area contributed by atoms with Gasteiger partial charge in [0.15, 0.2) is 0 Å². The predicted octanol–water partition coefficient (Wildman–Crippen LogP) is 1.93. The molecule has 0 saturated heterocycles. The summed E-state index contributed by atoms with van der Waals surface area (Å²) in [5, 5.41) is 14.7. The van der Waals surface area contributed by atoms with Crippen LogP contribution in [0, 0.1) is 17.0 Å². The van der Waals surface area contributed by atoms with E-state index in [9.17, 15) is 14.9 Å². The number of aromatic nitrogens is 2. The van der Waals surface area contributed by atoms with Gasteiger partial charge in [0.05, 0.1) is 36.1 Å². The number of rotatable bonds is 4. The van der Waals surface area contributed by atoms with Gasteiger partial charge in [-0.05, 0) is 23.5 Å². The lowest BCUT2D eigenvalue weighted by atomic mass is 10.1. The van der Waals surface area contributed by atoms with Gasteiger partial charge in [-0.3, -0.25) is 0 Å². The highest BCUT2D eigenvalue weighted by Gasteiger charge is 2.19. The topological polar surface area (TPSA) is 87.3 Å². The summed E-state index contributed by atoms with van der Waals surface area (Å²) in [6.45, 7) is 1.88. The minimum atomic E-state index is -0.530. The number of benzene rings is 1. The summed E-state index contributed by atoms with van der Waals surface area (Å²) in [5.74, 6) is -0.625. The maximum atomic E-state index is 11.6. The summed E-state index contributed by atoms with van der Waals surface area (Å²) in [6.07, 6.45) is 1.58. The third-order valence-corrected chi connectivity index (χ3v) is 2.85. The average Bonchev–Trinajstić information content (AvgIpc) is 2.79. The van der Waals surface area contributed by atoms with Crippen LogP contribution in [-0.2, 0) is 11.3 Å². The Bertz CT molecular complexity index is 663. The Hall–Kier alpha value is -2.70. The first kappa shape index (κ1) is 13.7. The molecule has 0 N–H and O–H groups in total. The molecule has 104 valence electrons. The van der Waals surface area contributed by atoms with E-state index in [1.165, 1.54) is 11.8 Å². The van der Waals surface area contributed by atoms with Crippen molar-refractivity contribution in [1.29, 1.82) is 0 Å². The van der Waals surface area contributed by atoms with Gasteiger partial charge >= 0.3 is 11.8 Å². The second kappa shape index (κ2) is 5.52. The van der Waals surface area contributed by atoms with E-state index in [4.69, 9.17) is 4.74 Å². The van der Waals surface area contributed by atoms with Gasteiger partial charge in [-0.25, -0.2) is 4.79 Å². The number of methoxy groups -OCH3 is 1. The van der Waals surface area contributed by atoms with Crippen LogP contribution in [0.15, 0.2) is 30.5 Å². The SMILES string of the molecule is COC(=O)c1ccccc1Cn1cc(C)c([N+](=O)[O-])n1. The molecule has 7 nitrogen and oxygen atoms in total. The zero-order valence-corrected chi connectivity index (χ0v) is 11.1. The summed E-state index contributed by atoms with van der Waals surface area (Å²) in [5.41, 5.74) is 1.59. The van der Waals surface area contributed by atoms with Gasteiger partial charge in [-0.2, -0.15) is 4.68 Å². The molecule has 2 rings (SSSR count). The molecule has 20 heavy (non-hydrogen) atoms. The molecule has 0 radical (unpaired) electrons. The third-order valence-electron chi connectivity index (χ3n) is 2.85. The number of hydrogen-bond acceptors (Lipinski definition) is 5. The zero-order chi connectivity index (χ0) is 14.7. The maximum Gasteiger partial charge on any atom is 0.392 e. The number of carbonyl (C=O) groups excluding carboxylic acids is 1. The molecule has 0 saturated carbocycles. The summed E-state index contributed by atoms with van der Waals surface area (Å²) >= 11 is 0. The molecule has 0 bridgehead atoms. The lowest BCUT2D eigenvalue weighted by Crippen LogP contribution is -2.09. The fourth-order valence-electron chi connectivity index (χ4n) is 1.91. The normalized spacial score (nSPS) is 10.3. The van der Waals surface area contributed by atoms with Crippen LogP contribution in [0.4, 0.5) is 5.82 Å². The molecule has 0 aliphatic heterocycles. The first-order valence-corrected chi connectivity index (χ1v) is 5.87. The monoisotopic (exact) mass is 275 g/mol. The molecule has 0 aliphatic carbocycles. The fourth-order valence-corrected chi connectivity index (χ4v) is 1.91. The second-order valence-electron chi connectivity index (χ2n) is 4.24. The van der Waals surface area contributed by atoms with Crippen molar-refractivity contribution in [2.24, 2.45) is 0 Å². The molecule has 0 amide bonds. The first-order valence-electron chi connectivity index (χ1n) is 5.87.